The van der Waals surface area contributed by atoms with Crippen LogP contribution in [0.2, 0.25) is 0 Å². The first-order valence-electron chi connectivity index (χ1n) is 4.45. The third kappa shape index (κ3) is 1.14. The van der Waals surface area contributed by atoms with Crippen molar-refractivity contribution in [3.63, 3.8) is 0 Å². The van der Waals surface area contributed by atoms with Gasteiger partial charge >= 0.3 is 5.97 Å². The van der Waals surface area contributed by atoms with E-state index in [9.17, 15) is 4.79 Å². The van der Waals surface area contributed by atoms with Crippen LogP contribution in [0.25, 0.3) is 0 Å². The van der Waals surface area contributed by atoms with Gasteiger partial charge in [-0.05, 0) is 12.3 Å². The van der Waals surface area contributed by atoms with Crippen LogP contribution in [0.15, 0.2) is 12.2 Å². The summed E-state index contributed by atoms with van der Waals surface area (Å²) in [6.07, 6.45) is 5.75. The number of nitriles is 1. The summed E-state index contributed by atoms with van der Waals surface area (Å²) in [5.41, 5.74) is -0.856. The zero-order valence-electron chi connectivity index (χ0n) is 7.49. The molecule has 2 bridgehead atoms. The number of hydrogen-bond acceptors (Lipinski definition) is 3. The molecule has 0 amide bonds. The number of hydrogen-bond donors (Lipinski definition) is 0. The summed E-state index contributed by atoms with van der Waals surface area (Å²) < 4.78 is 5.13. The van der Waals surface area contributed by atoms with Crippen molar-refractivity contribution in [2.24, 2.45) is 11.8 Å². The highest BCUT2D eigenvalue weighted by Gasteiger charge is 2.51. The zero-order chi connectivity index (χ0) is 9.47. The number of ether oxygens (including phenoxy) is 1. The second kappa shape index (κ2) is 2.59. The highest BCUT2D eigenvalue weighted by Crippen LogP contribution is 2.48. The molecular formula is C10H11NO2. The first kappa shape index (κ1) is 8.31. The number of nitrogens with zero attached hydrogens (tertiary/aromatic N) is 1. The molecule has 0 spiro atoms. The van der Waals surface area contributed by atoms with Crippen LogP contribution >= 0.6 is 0 Å². The molecule has 0 aromatic heterocycles. The van der Waals surface area contributed by atoms with Gasteiger partial charge in [-0.25, -0.2) is 0 Å². The lowest BCUT2D eigenvalue weighted by molar-refractivity contribution is -0.153. The van der Waals surface area contributed by atoms with E-state index in [1.807, 2.05) is 6.08 Å². The van der Waals surface area contributed by atoms with Crippen LogP contribution in [-0.2, 0) is 9.53 Å². The van der Waals surface area contributed by atoms with E-state index >= 15 is 0 Å². The van der Waals surface area contributed by atoms with E-state index in [0.717, 1.165) is 6.42 Å². The lowest BCUT2D eigenvalue weighted by Gasteiger charge is -2.27. The molecule has 0 aliphatic heterocycles. The Hall–Kier alpha value is -1.30. The molecule has 1 fully saturated rings. The van der Waals surface area contributed by atoms with Crippen molar-refractivity contribution >= 4 is 5.97 Å². The number of esters is 1. The van der Waals surface area contributed by atoms with Crippen LogP contribution in [0.1, 0.15) is 19.8 Å². The van der Waals surface area contributed by atoms with E-state index in [2.05, 4.69) is 12.1 Å². The third-order valence-corrected chi connectivity index (χ3v) is 2.85. The predicted molar refractivity (Wildman–Crippen MR) is 45.5 cm³/mol. The molecule has 0 aromatic carbocycles. The average molecular weight is 177 g/mol. The maximum atomic E-state index is 10.8. The molecule has 13 heavy (non-hydrogen) atoms. The number of rotatable bonds is 1. The monoisotopic (exact) mass is 177 g/mol. The molecule has 0 radical (unpaired) electrons. The van der Waals surface area contributed by atoms with Gasteiger partial charge in [0.25, 0.3) is 0 Å². The van der Waals surface area contributed by atoms with Crippen LogP contribution in [0.3, 0.4) is 0 Å². The minimum absolute atomic E-state index is 0.117. The van der Waals surface area contributed by atoms with Gasteiger partial charge in [-0.2, -0.15) is 5.26 Å². The molecule has 0 N–H and O–H groups in total. The molecule has 3 nitrogen and oxygen atoms in total. The van der Waals surface area contributed by atoms with Crippen LogP contribution in [0.5, 0.6) is 0 Å². The average Bonchev–Trinajstić information content (AvgIpc) is 2.62. The highest BCUT2D eigenvalue weighted by molar-refractivity contribution is 5.67. The van der Waals surface area contributed by atoms with E-state index in [1.165, 1.54) is 6.92 Å². The van der Waals surface area contributed by atoms with Gasteiger partial charge < -0.3 is 4.74 Å². The number of carbonyl (C=O) groups is 1. The third-order valence-electron chi connectivity index (χ3n) is 2.85. The molecular weight excluding hydrogens is 166 g/mol. The van der Waals surface area contributed by atoms with Crippen LogP contribution < -0.4 is 0 Å². The SMILES string of the molecule is CC(=O)O[C@@]1(C#N)C[C@H]2C=C[C@H]1C2. The molecule has 2 aliphatic rings. The van der Waals surface area contributed by atoms with Crippen molar-refractivity contribution in [2.45, 2.75) is 25.4 Å². The van der Waals surface area contributed by atoms with Crippen molar-refractivity contribution in [1.82, 2.24) is 0 Å². The van der Waals surface area contributed by atoms with E-state index < -0.39 is 5.60 Å². The van der Waals surface area contributed by atoms with Crippen LogP contribution in [0.4, 0.5) is 0 Å². The fourth-order valence-corrected chi connectivity index (χ4v) is 2.34. The maximum absolute atomic E-state index is 10.8. The fraction of sp³-hybridized carbons (Fsp3) is 0.600. The smallest absolute Gasteiger partial charge is 0.304 e. The molecule has 1 saturated carbocycles. The largest absolute Gasteiger partial charge is 0.443 e. The Morgan fingerprint density at radius 3 is 2.85 bits per heavy atom. The van der Waals surface area contributed by atoms with Crippen molar-refractivity contribution in [3.8, 4) is 6.07 Å². The summed E-state index contributed by atoms with van der Waals surface area (Å²) in [6, 6.07) is 2.15. The second-order valence-electron chi connectivity index (χ2n) is 3.79. The van der Waals surface area contributed by atoms with Crippen molar-refractivity contribution in [2.75, 3.05) is 0 Å². The summed E-state index contributed by atoms with van der Waals surface area (Å²) in [7, 11) is 0. The summed E-state index contributed by atoms with van der Waals surface area (Å²) in [5, 5.41) is 9.03. The van der Waals surface area contributed by atoms with Gasteiger partial charge in [-0.15, -0.1) is 0 Å². The predicted octanol–water partition coefficient (Wildman–Crippen LogP) is 1.41. The summed E-state index contributed by atoms with van der Waals surface area (Å²) >= 11 is 0. The Balaban J connectivity index is 2.24. The zero-order valence-corrected chi connectivity index (χ0v) is 7.49. The van der Waals surface area contributed by atoms with Crippen molar-refractivity contribution < 1.29 is 9.53 Å². The maximum Gasteiger partial charge on any atom is 0.304 e. The van der Waals surface area contributed by atoms with Gasteiger partial charge in [0.15, 0.2) is 0 Å². The Morgan fingerprint density at radius 2 is 2.46 bits per heavy atom. The molecule has 2 aliphatic carbocycles. The van der Waals surface area contributed by atoms with E-state index in [0.29, 0.717) is 12.3 Å². The first-order valence-corrected chi connectivity index (χ1v) is 4.45. The lowest BCUT2D eigenvalue weighted by atomic mass is 9.89. The second-order valence-corrected chi connectivity index (χ2v) is 3.79. The topological polar surface area (TPSA) is 50.1 Å². The molecule has 68 valence electrons. The number of fused-ring (bicyclic) bond motifs is 2. The van der Waals surface area contributed by atoms with Gasteiger partial charge in [0.05, 0.1) is 0 Å². The molecule has 0 heterocycles. The number of allylic oxidation sites excluding steroid dienone is 1. The van der Waals surface area contributed by atoms with E-state index in [4.69, 9.17) is 10.00 Å². The van der Waals surface area contributed by atoms with Gasteiger partial charge in [-0.3, -0.25) is 4.79 Å². The van der Waals surface area contributed by atoms with Crippen molar-refractivity contribution in [3.05, 3.63) is 12.2 Å². The first-order chi connectivity index (χ1) is 6.16. The Labute approximate surface area is 77.0 Å². The van der Waals surface area contributed by atoms with Crippen molar-refractivity contribution in [1.29, 1.82) is 5.26 Å². The summed E-state index contributed by atoms with van der Waals surface area (Å²) in [5.74, 6) is 0.193. The molecule has 0 aromatic rings. The summed E-state index contributed by atoms with van der Waals surface area (Å²) in [4.78, 5) is 10.8. The van der Waals surface area contributed by atoms with Crippen LogP contribution in [-0.4, -0.2) is 11.6 Å². The van der Waals surface area contributed by atoms with Gasteiger partial charge in [0, 0.05) is 19.3 Å². The van der Waals surface area contributed by atoms with Gasteiger partial charge in [0.1, 0.15) is 6.07 Å². The Kier molecular flexibility index (Phi) is 1.66. The van der Waals surface area contributed by atoms with Gasteiger partial charge in [0.2, 0.25) is 5.60 Å². The normalized spacial score (nSPS) is 40.3. The Bertz CT molecular complexity index is 315. The highest BCUT2D eigenvalue weighted by atomic mass is 16.6. The quantitative estimate of drug-likeness (QED) is 0.449. The van der Waals surface area contributed by atoms with Crippen LogP contribution in [0, 0.1) is 23.2 Å². The molecule has 3 heteroatoms. The van der Waals surface area contributed by atoms with Gasteiger partial charge in [-0.1, -0.05) is 12.2 Å². The fourth-order valence-electron chi connectivity index (χ4n) is 2.34. The van der Waals surface area contributed by atoms with E-state index in [-0.39, 0.29) is 11.9 Å². The number of carbonyl (C=O) groups excluding carboxylic acids is 1. The summed E-state index contributed by atoms with van der Waals surface area (Å²) in [6.45, 7) is 1.36. The molecule has 0 unspecified atom stereocenters. The molecule has 2 rings (SSSR count). The lowest BCUT2D eigenvalue weighted by Crippen LogP contribution is -2.36. The molecule has 0 saturated heterocycles. The van der Waals surface area contributed by atoms with E-state index in [1.54, 1.807) is 0 Å². The Morgan fingerprint density at radius 1 is 1.69 bits per heavy atom. The minimum atomic E-state index is -0.856. The standard InChI is InChI=1S/C10H11NO2/c1-7(12)13-10(6-11)5-8-2-3-9(10)4-8/h2-3,8-9H,4-5H2,1H3/t8-,9-,10+/m0/s1. The molecule has 3 atom stereocenters. The minimum Gasteiger partial charge on any atom is -0.443 e.